The highest BCUT2D eigenvalue weighted by Gasteiger charge is 2.08. The van der Waals surface area contributed by atoms with Crippen molar-refractivity contribution in [2.24, 2.45) is 0 Å². The number of nitrogens with zero attached hydrogens (tertiary/aromatic N) is 2. The van der Waals surface area contributed by atoms with Crippen LogP contribution in [0.4, 0.5) is 11.5 Å². The number of benzene rings is 1. The zero-order chi connectivity index (χ0) is 14.7. The number of aromatic nitrogens is 2. The summed E-state index contributed by atoms with van der Waals surface area (Å²) in [5, 5.41) is 4.22. The molecule has 0 aliphatic carbocycles. The number of fused-ring (bicyclic) bond motifs is 1. The predicted molar refractivity (Wildman–Crippen MR) is 80.6 cm³/mol. The number of carbonyl (C=O) groups is 1. The molecule has 0 bridgehead atoms. The zero-order valence-corrected chi connectivity index (χ0v) is 11.4. The number of hydrogen-bond donors (Lipinski definition) is 1. The molecule has 0 fully saturated rings. The van der Waals surface area contributed by atoms with E-state index in [2.05, 4.69) is 15.3 Å². The Morgan fingerprint density at radius 3 is 2.81 bits per heavy atom. The van der Waals surface area contributed by atoms with Gasteiger partial charge in [0.25, 0.3) is 0 Å². The first kappa shape index (κ1) is 13.1. The second-order valence-corrected chi connectivity index (χ2v) is 4.43. The lowest BCUT2D eigenvalue weighted by Gasteiger charge is -2.09. The molecule has 0 radical (unpaired) electrons. The normalized spacial score (nSPS) is 10.3. The van der Waals surface area contributed by atoms with Crippen LogP contribution in [0.1, 0.15) is 10.4 Å². The summed E-state index contributed by atoms with van der Waals surface area (Å²) >= 11 is 0. The highest BCUT2D eigenvalue weighted by Crippen LogP contribution is 2.23. The molecule has 5 nitrogen and oxygen atoms in total. The Morgan fingerprint density at radius 2 is 1.95 bits per heavy atom. The van der Waals surface area contributed by atoms with Gasteiger partial charge in [0.15, 0.2) is 0 Å². The molecule has 0 atom stereocenters. The fraction of sp³-hybridized carbons (Fsp3) is 0.0625. The predicted octanol–water partition coefficient (Wildman–Crippen LogP) is 3.16. The number of hydrogen-bond acceptors (Lipinski definition) is 5. The van der Waals surface area contributed by atoms with Crippen LogP contribution in [-0.2, 0) is 4.74 Å². The topological polar surface area (TPSA) is 64.1 Å². The van der Waals surface area contributed by atoms with Gasteiger partial charge in [-0.2, -0.15) is 0 Å². The van der Waals surface area contributed by atoms with Crippen LogP contribution >= 0.6 is 0 Å². The van der Waals surface area contributed by atoms with Crippen LogP contribution in [-0.4, -0.2) is 23.0 Å². The molecule has 0 aliphatic heterocycles. The first-order valence-electron chi connectivity index (χ1n) is 6.43. The van der Waals surface area contributed by atoms with Crippen LogP contribution in [0.15, 0.2) is 54.9 Å². The molecule has 3 rings (SSSR count). The third kappa shape index (κ3) is 2.67. The van der Waals surface area contributed by atoms with E-state index >= 15 is 0 Å². The Hall–Kier alpha value is -2.95. The van der Waals surface area contributed by atoms with E-state index in [0.29, 0.717) is 11.4 Å². The summed E-state index contributed by atoms with van der Waals surface area (Å²) in [6.07, 6.45) is 3.30. The second kappa shape index (κ2) is 5.58. The van der Waals surface area contributed by atoms with Crippen LogP contribution in [0, 0.1) is 0 Å². The highest BCUT2D eigenvalue weighted by molar-refractivity contribution is 5.93. The maximum atomic E-state index is 11.5. The van der Waals surface area contributed by atoms with Crippen molar-refractivity contribution in [2.75, 3.05) is 12.4 Å². The monoisotopic (exact) mass is 279 g/mol. The fourth-order valence-corrected chi connectivity index (χ4v) is 2.09. The van der Waals surface area contributed by atoms with Gasteiger partial charge in [0, 0.05) is 17.8 Å². The molecule has 0 unspecified atom stereocenters. The number of ether oxygens (including phenoxy) is 1. The smallest absolute Gasteiger partial charge is 0.338 e. The summed E-state index contributed by atoms with van der Waals surface area (Å²) in [4.78, 5) is 20.1. The molecular weight excluding hydrogens is 266 g/mol. The van der Waals surface area contributed by atoms with Gasteiger partial charge in [-0.1, -0.05) is 18.2 Å². The van der Waals surface area contributed by atoms with E-state index in [4.69, 9.17) is 4.74 Å². The molecule has 104 valence electrons. The van der Waals surface area contributed by atoms with Crippen LogP contribution < -0.4 is 5.32 Å². The summed E-state index contributed by atoms with van der Waals surface area (Å²) in [6.45, 7) is 0. The van der Waals surface area contributed by atoms with Crippen LogP contribution in [0.2, 0.25) is 0 Å². The molecule has 5 heteroatoms. The summed E-state index contributed by atoms with van der Waals surface area (Å²) in [6, 6.07) is 13.0. The van der Waals surface area contributed by atoms with Crippen LogP contribution in [0.5, 0.6) is 0 Å². The SMILES string of the molecule is COC(=O)c1ccnc(Nc2cccc3cccnc23)c1. The molecule has 3 aromatic rings. The van der Waals surface area contributed by atoms with E-state index in [9.17, 15) is 4.79 Å². The highest BCUT2D eigenvalue weighted by atomic mass is 16.5. The van der Waals surface area contributed by atoms with Crippen molar-refractivity contribution in [1.82, 2.24) is 9.97 Å². The minimum absolute atomic E-state index is 0.392. The molecule has 0 saturated heterocycles. The summed E-state index contributed by atoms with van der Waals surface area (Å²) in [5.41, 5.74) is 2.14. The Labute approximate surface area is 121 Å². The van der Waals surface area contributed by atoms with Crippen molar-refractivity contribution in [3.63, 3.8) is 0 Å². The van der Waals surface area contributed by atoms with Crippen molar-refractivity contribution < 1.29 is 9.53 Å². The van der Waals surface area contributed by atoms with Gasteiger partial charge in [0.1, 0.15) is 5.82 Å². The van der Waals surface area contributed by atoms with Gasteiger partial charge in [0.2, 0.25) is 0 Å². The number of nitrogens with one attached hydrogen (secondary N) is 1. The maximum absolute atomic E-state index is 11.5. The van der Waals surface area contributed by atoms with E-state index in [1.54, 1.807) is 24.5 Å². The number of para-hydroxylation sites is 1. The lowest BCUT2D eigenvalue weighted by molar-refractivity contribution is 0.0600. The lowest BCUT2D eigenvalue weighted by atomic mass is 10.2. The van der Waals surface area contributed by atoms with Crippen molar-refractivity contribution in [3.05, 3.63) is 60.4 Å². The largest absolute Gasteiger partial charge is 0.465 e. The molecule has 0 amide bonds. The van der Waals surface area contributed by atoms with Crippen molar-refractivity contribution in [2.45, 2.75) is 0 Å². The van der Waals surface area contributed by atoms with Gasteiger partial charge in [-0.15, -0.1) is 0 Å². The van der Waals surface area contributed by atoms with Crippen molar-refractivity contribution >= 4 is 28.4 Å². The van der Waals surface area contributed by atoms with Crippen LogP contribution in [0.25, 0.3) is 10.9 Å². The molecule has 0 spiro atoms. The van der Waals surface area contributed by atoms with Crippen molar-refractivity contribution in [1.29, 1.82) is 0 Å². The standard InChI is InChI=1S/C16H13N3O2/c1-21-16(20)12-7-9-17-14(10-12)19-13-6-2-4-11-5-3-8-18-15(11)13/h2-10H,1H3,(H,17,19). The maximum Gasteiger partial charge on any atom is 0.338 e. The van der Waals surface area contributed by atoms with Crippen LogP contribution in [0.3, 0.4) is 0 Å². The molecule has 0 aliphatic rings. The van der Waals surface area contributed by atoms with E-state index in [0.717, 1.165) is 16.6 Å². The van der Waals surface area contributed by atoms with Gasteiger partial charge in [-0.05, 0) is 24.3 Å². The molecule has 0 saturated carbocycles. The fourth-order valence-electron chi connectivity index (χ4n) is 2.09. The van der Waals surface area contributed by atoms with Gasteiger partial charge in [-0.3, -0.25) is 4.98 Å². The number of carbonyl (C=O) groups excluding carboxylic acids is 1. The molecule has 1 aromatic carbocycles. The van der Waals surface area contributed by atoms with Gasteiger partial charge < -0.3 is 10.1 Å². The minimum Gasteiger partial charge on any atom is -0.465 e. The first-order chi connectivity index (χ1) is 10.3. The van der Waals surface area contributed by atoms with Gasteiger partial charge in [-0.25, -0.2) is 9.78 Å². The van der Waals surface area contributed by atoms with E-state index in [-0.39, 0.29) is 0 Å². The van der Waals surface area contributed by atoms with Crippen molar-refractivity contribution in [3.8, 4) is 0 Å². The van der Waals surface area contributed by atoms with Gasteiger partial charge in [0.05, 0.1) is 23.9 Å². The Bertz CT molecular complexity index is 797. The average molecular weight is 279 g/mol. The molecule has 1 N–H and O–H groups in total. The average Bonchev–Trinajstić information content (AvgIpc) is 2.55. The third-order valence-electron chi connectivity index (χ3n) is 3.08. The Morgan fingerprint density at radius 1 is 1.10 bits per heavy atom. The van der Waals surface area contributed by atoms with E-state index < -0.39 is 5.97 Å². The van der Waals surface area contributed by atoms with E-state index in [1.165, 1.54) is 7.11 Å². The van der Waals surface area contributed by atoms with E-state index in [1.807, 2.05) is 30.3 Å². The minimum atomic E-state index is -0.392. The number of rotatable bonds is 3. The second-order valence-electron chi connectivity index (χ2n) is 4.43. The number of pyridine rings is 2. The molecule has 2 heterocycles. The number of esters is 1. The summed E-state index contributed by atoms with van der Waals surface area (Å²) in [5.74, 6) is 0.174. The molecular formula is C16H13N3O2. The molecule has 2 aromatic heterocycles. The third-order valence-corrected chi connectivity index (χ3v) is 3.08. The van der Waals surface area contributed by atoms with Gasteiger partial charge >= 0.3 is 5.97 Å². The first-order valence-corrected chi connectivity index (χ1v) is 6.43. The Kier molecular flexibility index (Phi) is 3.47. The molecule has 21 heavy (non-hydrogen) atoms. The quantitative estimate of drug-likeness (QED) is 0.746. The lowest BCUT2D eigenvalue weighted by Crippen LogP contribution is -2.03. The number of anilines is 2. The Balaban J connectivity index is 1.97. The zero-order valence-electron chi connectivity index (χ0n) is 11.4. The summed E-state index contributed by atoms with van der Waals surface area (Å²) in [7, 11) is 1.35. The number of methoxy groups -OCH3 is 1. The summed E-state index contributed by atoms with van der Waals surface area (Å²) < 4.78 is 4.70.